The van der Waals surface area contributed by atoms with Crippen LogP contribution in [0.3, 0.4) is 0 Å². The summed E-state index contributed by atoms with van der Waals surface area (Å²) in [6, 6.07) is 6.02. The van der Waals surface area contributed by atoms with Crippen LogP contribution in [-0.4, -0.2) is 12.7 Å². The Kier molecular flexibility index (Phi) is 2.58. The average molecular weight is 230 g/mol. The Labute approximate surface area is 102 Å². The van der Waals surface area contributed by atoms with Crippen molar-refractivity contribution in [1.82, 2.24) is 0 Å². The smallest absolute Gasteiger partial charge is 0.128 e. The molecule has 1 aliphatic heterocycles. The van der Waals surface area contributed by atoms with Gasteiger partial charge < -0.3 is 9.47 Å². The van der Waals surface area contributed by atoms with Crippen LogP contribution in [-0.2, 0) is 0 Å². The zero-order chi connectivity index (χ0) is 11.7. The van der Waals surface area contributed by atoms with Gasteiger partial charge in [-0.25, -0.2) is 0 Å². The summed E-state index contributed by atoms with van der Waals surface area (Å²) < 4.78 is 11.4. The molecule has 0 bridgehead atoms. The van der Waals surface area contributed by atoms with Crippen LogP contribution in [0.15, 0.2) is 24.3 Å². The molecule has 0 atom stereocenters. The van der Waals surface area contributed by atoms with E-state index in [0.29, 0.717) is 0 Å². The molecule has 0 saturated heterocycles. The molecule has 2 heteroatoms. The second-order valence-corrected chi connectivity index (χ2v) is 4.96. The standard InChI is InChI=1S/C15H18O2/c1-16-13-5-6-14-12(11-13)7-10-15(17-14)8-3-2-4-9-15/h5-7,10-11H,2-4,8-9H2,1H3. The van der Waals surface area contributed by atoms with Crippen LogP contribution < -0.4 is 9.47 Å². The zero-order valence-corrected chi connectivity index (χ0v) is 10.2. The van der Waals surface area contributed by atoms with E-state index in [0.717, 1.165) is 29.9 Å². The van der Waals surface area contributed by atoms with Gasteiger partial charge in [-0.2, -0.15) is 0 Å². The first-order valence-electron chi connectivity index (χ1n) is 6.38. The third kappa shape index (κ3) is 1.92. The van der Waals surface area contributed by atoms with Crippen molar-refractivity contribution >= 4 is 6.08 Å². The maximum absolute atomic E-state index is 6.22. The number of rotatable bonds is 1. The molecule has 0 N–H and O–H groups in total. The number of ether oxygens (including phenoxy) is 2. The fourth-order valence-electron chi connectivity index (χ4n) is 2.79. The van der Waals surface area contributed by atoms with Gasteiger partial charge in [0, 0.05) is 5.56 Å². The van der Waals surface area contributed by atoms with Crippen molar-refractivity contribution < 1.29 is 9.47 Å². The highest BCUT2D eigenvalue weighted by molar-refractivity contribution is 5.63. The van der Waals surface area contributed by atoms with Crippen LogP contribution in [0.1, 0.15) is 37.7 Å². The first kappa shape index (κ1) is 10.7. The van der Waals surface area contributed by atoms with Crippen molar-refractivity contribution in [3.63, 3.8) is 0 Å². The van der Waals surface area contributed by atoms with Gasteiger partial charge in [0.05, 0.1) is 7.11 Å². The van der Waals surface area contributed by atoms with Crippen LogP contribution in [0, 0.1) is 0 Å². The molecule has 2 nitrogen and oxygen atoms in total. The number of methoxy groups -OCH3 is 1. The maximum atomic E-state index is 6.22. The monoisotopic (exact) mass is 230 g/mol. The summed E-state index contributed by atoms with van der Waals surface area (Å²) in [5.41, 5.74) is 1.10. The highest BCUT2D eigenvalue weighted by Crippen LogP contribution is 2.40. The van der Waals surface area contributed by atoms with Gasteiger partial charge in [-0.3, -0.25) is 0 Å². The molecule has 1 aliphatic carbocycles. The highest BCUT2D eigenvalue weighted by atomic mass is 16.5. The minimum absolute atomic E-state index is 0.0279. The quantitative estimate of drug-likeness (QED) is 0.730. The molecule has 2 aliphatic rings. The lowest BCUT2D eigenvalue weighted by Crippen LogP contribution is -2.37. The molecule has 1 aromatic rings. The van der Waals surface area contributed by atoms with Gasteiger partial charge in [-0.05, 0) is 50.0 Å². The molecule has 1 heterocycles. The molecule has 1 fully saturated rings. The summed E-state index contributed by atoms with van der Waals surface area (Å²) in [4.78, 5) is 0. The van der Waals surface area contributed by atoms with E-state index < -0.39 is 0 Å². The lowest BCUT2D eigenvalue weighted by atomic mass is 9.83. The summed E-state index contributed by atoms with van der Waals surface area (Å²) in [7, 11) is 1.69. The third-order valence-corrected chi connectivity index (χ3v) is 3.80. The first-order valence-corrected chi connectivity index (χ1v) is 6.38. The Bertz CT molecular complexity index is 442. The van der Waals surface area contributed by atoms with Gasteiger partial charge in [-0.1, -0.05) is 12.5 Å². The third-order valence-electron chi connectivity index (χ3n) is 3.80. The molecule has 0 amide bonds. The first-order chi connectivity index (χ1) is 8.31. The lowest BCUT2D eigenvalue weighted by Gasteiger charge is -2.38. The largest absolute Gasteiger partial charge is 0.497 e. The highest BCUT2D eigenvalue weighted by Gasteiger charge is 2.34. The molecule has 90 valence electrons. The Morgan fingerprint density at radius 2 is 2.00 bits per heavy atom. The van der Waals surface area contributed by atoms with Crippen molar-refractivity contribution in [3.05, 3.63) is 29.8 Å². The summed E-state index contributed by atoms with van der Waals surface area (Å²) in [5.74, 6) is 1.88. The molecule has 0 radical (unpaired) electrons. The molecule has 17 heavy (non-hydrogen) atoms. The summed E-state index contributed by atoms with van der Waals surface area (Å²) >= 11 is 0. The predicted octanol–water partition coefficient (Wildman–Crippen LogP) is 3.80. The number of hydrogen-bond acceptors (Lipinski definition) is 2. The predicted molar refractivity (Wildman–Crippen MR) is 68.5 cm³/mol. The minimum atomic E-state index is -0.0279. The van der Waals surface area contributed by atoms with E-state index in [1.54, 1.807) is 7.11 Å². The second-order valence-electron chi connectivity index (χ2n) is 4.96. The van der Waals surface area contributed by atoms with Crippen LogP contribution >= 0.6 is 0 Å². The lowest BCUT2D eigenvalue weighted by molar-refractivity contribution is 0.0752. The van der Waals surface area contributed by atoms with E-state index in [1.165, 1.54) is 19.3 Å². The zero-order valence-electron chi connectivity index (χ0n) is 10.2. The summed E-state index contributed by atoms with van der Waals surface area (Å²) in [6.07, 6.45) is 10.6. The van der Waals surface area contributed by atoms with Crippen molar-refractivity contribution in [2.75, 3.05) is 7.11 Å². The molecule has 1 aromatic carbocycles. The van der Waals surface area contributed by atoms with Crippen molar-refractivity contribution in [2.24, 2.45) is 0 Å². The van der Waals surface area contributed by atoms with Gasteiger partial charge in [-0.15, -0.1) is 0 Å². The van der Waals surface area contributed by atoms with E-state index in [4.69, 9.17) is 9.47 Å². The van der Waals surface area contributed by atoms with E-state index >= 15 is 0 Å². The number of hydrogen-bond donors (Lipinski definition) is 0. The molecular formula is C15H18O2. The van der Waals surface area contributed by atoms with E-state index in [9.17, 15) is 0 Å². The van der Waals surface area contributed by atoms with Gasteiger partial charge in [0.25, 0.3) is 0 Å². The average Bonchev–Trinajstić information content (AvgIpc) is 2.39. The summed E-state index contributed by atoms with van der Waals surface area (Å²) in [6.45, 7) is 0. The Morgan fingerprint density at radius 3 is 2.76 bits per heavy atom. The van der Waals surface area contributed by atoms with Gasteiger partial charge in [0.1, 0.15) is 17.1 Å². The topological polar surface area (TPSA) is 18.5 Å². The molecular weight excluding hydrogens is 212 g/mol. The number of fused-ring (bicyclic) bond motifs is 1. The molecule has 0 unspecified atom stereocenters. The SMILES string of the molecule is COc1ccc2c(c1)C=CC1(CCCCC1)O2. The van der Waals surface area contributed by atoms with Crippen molar-refractivity contribution in [3.8, 4) is 11.5 Å². The second kappa shape index (κ2) is 4.10. The fraction of sp³-hybridized carbons (Fsp3) is 0.467. The Hall–Kier alpha value is -1.44. The van der Waals surface area contributed by atoms with Crippen LogP contribution in [0.4, 0.5) is 0 Å². The van der Waals surface area contributed by atoms with Gasteiger partial charge in [0.15, 0.2) is 0 Å². The molecule has 1 saturated carbocycles. The van der Waals surface area contributed by atoms with Crippen LogP contribution in [0.2, 0.25) is 0 Å². The minimum Gasteiger partial charge on any atom is -0.497 e. The van der Waals surface area contributed by atoms with Gasteiger partial charge >= 0.3 is 0 Å². The van der Waals surface area contributed by atoms with Gasteiger partial charge in [0.2, 0.25) is 0 Å². The van der Waals surface area contributed by atoms with Crippen LogP contribution in [0.5, 0.6) is 11.5 Å². The fourth-order valence-corrected chi connectivity index (χ4v) is 2.79. The van der Waals surface area contributed by atoms with Crippen LogP contribution in [0.25, 0.3) is 6.08 Å². The number of benzene rings is 1. The van der Waals surface area contributed by atoms with Crippen molar-refractivity contribution in [1.29, 1.82) is 0 Å². The Morgan fingerprint density at radius 1 is 1.18 bits per heavy atom. The van der Waals surface area contributed by atoms with E-state index in [-0.39, 0.29) is 5.60 Å². The van der Waals surface area contributed by atoms with Crippen molar-refractivity contribution in [2.45, 2.75) is 37.7 Å². The Balaban J connectivity index is 1.91. The maximum Gasteiger partial charge on any atom is 0.128 e. The summed E-state index contributed by atoms with van der Waals surface area (Å²) in [5, 5.41) is 0. The molecule has 3 rings (SSSR count). The van der Waals surface area contributed by atoms with E-state index in [2.05, 4.69) is 12.2 Å². The van der Waals surface area contributed by atoms with E-state index in [1.807, 2.05) is 18.2 Å². The normalized spacial score (nSPS) is 20.8. The molecule has 0 aromatic heterocycles. The molecule has 1 spiro atoms.